The van der Waals surface area contributed by atoms with E-state index in [0.29, 0.717) is 31.0 Å². The Morgan fingerprint density at radius 2 is 2.00 bits per heavy atom. The van der Waals surface area contributed by atoms with Crippen LogP contribution in [-0.4, -0.2) is 46.7 Å². The average molecular weight is 270 g/mol. The largest absolute Gasteiger partial charge is 0.480 e. The molecule has 19 heavy (non-hydrogen) atoms. The van der Waals surface area contributed by atoms with E-state index in [1.54, 1.807) is 6.92 Å². The minimum atomic E-state index is -0.821. The van der Waals surface area contributed by atoms with Gasteiger partial charge in [-0.3, -0.25) is 9.69 Å². The van der Waals surface area contributed by atoms with E-state index in [4.69, 9.17) is 0 Å². The SMILES string of the molecule is CCNC(C)(CC(C)N(CC(C)C)C1CC1)C(=O)O. The molecule has 0 heterocycles. The highest BCUT2D eigenvalue weighted by Crippen LogP contribution is 2.31. The number of hydrogen-bond donors (Lipinski definition) is 2. The standard InChI is InChI=1S/C15H30N2O2/c1-6-16-15(5,14(18)19)9-12(4)17(10-11(2)3)13-7-8-13/h11-13,16H,6-10H2,1-5H3,(H,18,19). The Bertz CT molecular complexity index is 303. The Kier molecular flexibility index (Phi) is 5.81. The van der Waals surface area contributed by atoms with Gasteiger partial charge in [0, 0.05) is 18.6 Å². The van der Waals surface area contributed by atoms with Crippen molar-refractivity contribution < 1.29 is 9.90 Å². The fourth-order valence-corrected chi connectivity index (χ4v) is 2.85. The van der Waals surface area contributed by atoms with Crippen molar-refractivity contribution in [2.75, 3.05) is 13.1 Å². The zero-order valence-electron chi connectivity index (χ0n) is 13.1. The first-order chi connectivity index (χ1) is 8.80. The summed E-state index contributed by atoms with van der Waals surface area (Å²) in [6, 6.07) is 0.979. The van der Waals surface area contributed by atoms with Crippen LogP contribution in [0, 0.1) is 5.92 Å². The molecule has 1 aliphatic carbocycles. The van der Waals surface area contributed by atoms with Gasteiger partial charge < -0.3 is 10.4 Å². The second-order valence-corrected chi connectivity index (χ2v) is 6.54. The van der Waals surface area contributed by atoms with Gasteiger partial charge in [0.2, 0.25) is 0 Å². The Hall–Kier alpha value is -0.610. The van der Waals surface area contributed by atoms with Crippen LogP contribution in [0.3, 0.4) is 0 Å². The smallest absolute Gasteiger partial charge is 0.323 e. The van der Waals surface area contributed by atoms with Gasteiger partial charge in [-0.1, -0.05) is 20.8 Å². The lowest BCUT2D eigenvalue weighted by molar-refractivity contribution is -0.145. The van der Waals surface area contributed by atoms with Crippen LogP contribution >= 0.6 is 0 Å². The molecule has 1 saturated carbocycles. The quantitative estimate of drug-likeness (QED) is 0.675. The number of rotatable bonds is 9. The molecular formula is C15H30N2O2. The number of carbonyl (C=O) groups is 1. The average Bonchev–Trinajstić information content (AvgIpc) is 3.09. The molecule has 4 nitrogen and oxygen atoms in total. The van der Waals surface area contributed by atoms with E-state index in [1.165, 1.54) is 12.8 Å². The molecule has 0 radical (unpaired) electrons. The molecule has 2 unspecified atom stereocenters. The van der Waals surface area contributed by atoms with Crippen molar-refractivity contribution in [3.63, 3.8) is 0 Å². The van der Waals surface area contributed by atoms with Gasteiger partial charge in [0.15, 0.2) is 0 Å². The second kappa shape index (κ2) is 6.71. The zero-order chi connectivity index (χ0) is 14.6. The van der Waals surface area contributed by atoms with Crippen molar-refractivity contribution >= 4 is 5.97 Å². The van der Waals surface area contributed by atoms with Crippen LogP contribution in [0.15, 0.2) is 0 Å². The first kappa shape index (κ1) is 16.4. The molecule has 0 aromatic rings. The second-order valence-electron chi connectivity index (χ2n) is 6.54. The molecule has 1 fully saturated rings. The Morgan fingerprint density at radius 3 is 2.37 bits per heavy atom. The van der Waals surface area contributed by atoms with Crippen LogP contribution in [-0.2, 0) is 4.79 Å². The van der Waals surface area contributed by atoms with Crippen molar-refractivity contribution in [1.82, 2.24) is 10.2 Å². The maximum atomic E-state index is 11.5. The number of nitrogens with one attached hydrogen (secondary N) is 1. The first-order valence-corrected chi connectivity index (χ1v) is 7.54. The lowest BCUT2D eigenvalue weighted by atomic mass is 9.92. The number of likely N-dealkylation sites (N-methyl/N-ethyl adjacent to an activating group) is 1. The molecular weight excluding hydrogens is 240 g/mol. The molecule has 0 bridgehead atoms. The summed E-state index contributed by atoms with van der Waals surface area (Å²) in [5.41, 5.74) is -0.821. The van der Waals surface area contributed by atoms with Gasteiger partial charge in [-0.2, -0.15) is 0 Å². The summed E-state index contributed by atoms with van der Waals surface area (Å²) in [4.78, 5) is 14.0. The van der Waals surface area contributed by atoms with Crippen LogP contribution in [0.5, 0.6) is 0 Å². The van der Waals surface area contributed by atoms with Crippen molar-refractivity contribution in [2.45, 2.75) is 71.5 Å². The molecule has 0 saturated heterocycles. The van der Waals surface area contributed by atoms with Gasteiger partial charge in [-0.15, -0.1) is 0 Å². The monoisotopic (exact) mass is 270 g/mol. The number of carboxylic acid groups (broad SMARTS) is 1. The van der Waals surface area contributed by atoms with E-state index in [0.717, 1.165) is 6.54 Å². The maximum Gasteiger partial charge on any atom is 0.323 e. The summed E-state index contributed by atoms with van der Waals surface area (Å²) in [5, 5.41) is 12.6. The van der Waals surface area contributed by atoms with Crippen molar-refractivity contribution in [2.24, 2.45) is 5.92 Å². The van der Waals surface area contributed by atoms with Crippen molar-refractivity contribution in [3.05, 3.63) is 0 Å². The number of carboxylic acids is 1. The highest BCUT2D eigenvalue weighted by molar-refractivity contribution is 5.78. The van der Waals surface area contributed by atoms with Gasteiger partial charge >= 0.3 is 5.97 Å². The van der Waals surface area contributed by atoms with Crippen molar-refractivity contribution in [3.8, 4) is 0 Å². The molecule has 0 aromatic heterocycles. The number of nitrogens with zero attached hydrogens (tertiary/aromatic N) is 1. The highest BCUT2D eigenvalue weighted by Gasteiger charge is 2.39. The zero-order valence-corrected chi connectivity index (χ0v) is 13.1. The minimum Gasteiger partial charge on any atom is -0.480 e. The van der Waals surface area contributed by atoms with Crippen LogP contribution in [0.25, 0.3) is 0 Å². The first-order valence-electron chi connectivity index (χ1n) is 7.54. The van der Waals surface area contributed by atoms with Crippen LogP contribution in [0.1, 0.15) is 53.9 Å². The molecule has 2 N–H and O–H groups in total. The predicted molar refractivity (Wildman–Crippen MR) is 78.4 cm³/mol. The Morgan fingerprint density at radius 1 is 1.42 bits per heavy atom. The normalized spacial score (nSPS) is 20.6. The molecule has 1 aliphatic rings. The molecule has 0 aliphatic heterocycles. The number of aliphatic carboxylic acids is 1. The van der Waals surface area contributed by atoms with Gasteiger partial charge in [-0.05, 0) is 45.6 Å². The molecule has 112 valence electrons. The third-order valence-corrected chi connectivity index (χ3v) is 3.90. The molecule has 4 heteroatoms. The van der Waals surface area contributed by atoms with E-state index in [2.05, 4.69) is 31.0 Å². The third kappa shape index (κ3) is 4.77. The van der Waals surface area contributed by atoms with E-state index in [1.807, 2.05) is 6.92 Å². The fourth-order valence-electron chi connectivity index (χ4n) is 2.85. The lowest BCUT2D eigenvalue weighted by Crippen LogP contribution is -2.54. The van der Waals surface area contributed by atoms with E-state index in [9.17, 15) is 9.90 Å². The Labute approximate surface area is 117 Å². The van der Waals surface area contributed by atoms with E-state index >= 15 is 0 Å². The van der Waals surface area contributed by atoms with Crippen LogP contribution in [0.2, 0.25) is 0 Å². The lowest BCUT2D eigenvalue weighted by Gasteiger charge is -2.36. The highest BCUT2D eigenvalue weighted by atomic mass is 16.4. The molecule has 0 amide bonds. The van der Waals surface area contributed by atoms with Crippen LogP contribution < -0.4 is 5.32 Å². The van der Waals surface area contributed by atoms with Crippen LogP contribution in [0.4, 0.5) is 0 Å². The summed E-state index contributed by atoms with van der Waals surface area (Å²) in [5.74, 6) is -0.125. The van der Waals surface area contributed by atoms with E-state index in [-0.39, 0.29) is 0 Å². The minimum absolute atomic E-state index is 0.301. The van der Waals surface area contributed by atoms with Gasteiger partial charge in [0.05, 0.1) is 0 Å². The van der Waals surface area contributed by atoms with Gasteiger partial charge in [0.1, 0.15) is 5.54 Å². The summed E-state index contributed by atoms with van der Waals surface area (Å²) in [6.07, 6.45) is 3.18. The summed E-state index contributed by atoms with van der Waals surface area (Å²) in [7, 11) is 0. The molecule has 0 spiro atoms. The summed E-state index contributed by atoms with van der Waals surface area (Å²) in [6.45, 7) is 12.1. The molecule has 2 atom stereocenters. The topological polar surface area (TPSA) is 52.6 Å². The predicted octanol–water partition coefficient (Wildman–Crippen LogP) is 2.34. The Balaban J connectivity index is 2.67. The molecule has 0 aromatic carbocycles. The van der Waals surface area contributed by atoms with Crippen molar-refractivity contribution in [1.29, 1.82) is 0 Å². The number of hydrogen-bond acceptors (Lipinski definition) is 3. The third-order valence-electron chi connectivity index (χ3n) is 3.90. The molecule has 1 rings (SSSR count). The van der Waals surface area contributed by atoms with Gasteiger partial charge in [0.25, 0.3) is 0 Å². The maximum absolute atomic E-state index is 11.5. The summed E-state index contributed by atoms with van der Waals surface area (Å²) >= 11 is 0. The fraction of sp³-hybridized carbons (Fsp3) is 0.933. The summed E-state index contributed by atoms with van der Waals surface area (Å²) < 4.78 is 0. The van der Waals surface area contributed by atoms with E-state index < -0.39 is 11.5 Å². The van der Waals surface area contributed by atoms with Gasteiger partial charge in [-0.25, -0.2) is 0 Å².